The fourth-order valence-electron chi connectivity index (χ4n) is 3.25. The fraction of sp³-hybridized carbons (Fsp3) is 0.421. The number of carbonyl (C=O) groups excluding carboxylic acids is 1. The zero-order valence-electron chi connectivity index (χ0n) is 13.9. The molecule has 0 bridgehead atoms. The first kappa shape index (κ1) is 15.8. The lowest BCUT2D eigenvalue weighted by Gasteiger charge is -2.35. The Bertz CT molecular complexity index is 703. The van der Waals surface area contributed by atoms with Crippen LogP contribution in [0.25, 0.3) is 10.8 Å². The van der Waals surface area contributed by atoms with Gasteiger partial charge in [-0.3, -0.25) is 4.79 Å². The third-order valence-corrected chi connectivity index (χ3v) is 4.11. The summed E-state index contributed by atoms with van der Waals surface area (Å²) in [6, 6.07) is 11.8. The minimum absolute atomic E-state index is 0.0206. The third-order valence-electron chi connectivity index (χ3n) is 4.11. The van der Waals surface area contributed by atoms with Gasteiger partial charge in [0, 0.05) is 13.1 Å². The van der Waals surface area contributed by atoms with Gasteiger partial charge >= 0.3 is 0 Å². The molecule has 2 aromatic carbocycles. The summed E-state index contributed by atoms with van der Waals surface area (Å²) in [5.74, 6) is 0.676. The van der Waals surface area contributed by atoms with Gasteiger partial charge in [0.25, 0.3) is 5.91 Å². The minimum atomic E-state index is 0.0206. The van der Waals surface area contributed by atoms with E-state index in [1.54, 1.807) is 0 Å². The molecule has 1 amide bonds. The van der Waals surface area contributed by atoms with Crippen molar-refractivity contribution in [3.63, 3.8) is 0 Å². The topological polar surface area (TPSA) is 38.8 Å². The molecule has 0 N–H and O–H groups in total. The van der Waals surface area contributed by atoms with Crippen LogP contribution in [0, 0.1) is 0 Å². The van der Waals surface area contributed by atoms with Crippen LogP contribution < -0.4 is 4.74 Å². The maximum Gasteiger partial charge on any atom is 0.258 e. The Labute approximate surface area is 137 Å². The predicted octanol–water partition coefficient (Wildman–Crippen LogP) is 3.49. The summed E-state index contributed by atoms with van der Waals surface area (Å²) in [6.45, 7) is 7.69. The van der Waals surface area contributed by atoms with Crippen molar-refractivity contribution in [2.24, 2.45) is 0 Å². The van der Waals surface area contributed by atoms with Gasteiger partial charge in [0.15, 0.2) is 0 Å². The lowest BCUT2D eigenvalue weighted by atomic mass is 10.0. The summed E-state index contributed by atoms with van der Waals surface area (Å²) >= 11 is 0. The number of fused-ring (bicyclic) bond motifs is 1. The largest absolute Gasteiger partial charge is 0.493 e. The number of carbonyl (C=O) groups is 1. The average molecular weight is 313 g/mol. The molecule has 1 aliphatic heterocycles. The van der Waals surface area contributed by atoms with E-state index in [-0.39, 0.29) is 18.1 Å². The van der Waals surface area contributed by atoms with E-state index in [1.165, 1.54) is 0 Å². The molecule has 0 saturated carbocycles. The monoisotopic (exact) mass is 313 g/mol. The highest BCUT2D eigenvalue weighted by atomic mass is 16.5. The molecule has 1 saturated heterocycles. The van der Waals surface area contributed by atoms with Gasteiger partial charge in [-0.2, -0.15) is 0 Å². The zero-order chi connectivity index (χ0) is 16.4. The zero-order valence-corrected chi connectivity index (χ0v) is 13.9. The first-order valence-corrected chi connectivity index (χ1v) is 8.19. The molecular weight excluding hydrogens is 290 g/mol. The van der Waals surface area contributed by atoms with Crippen LogP contribution in [-0.4, -0.2) is 42.7 Å². The molecule has 4 heteroatoms. The Balaban J connectivity index is 2.05. The van der Waals surface area contributed by atoms with Gasteiger partial charge in [0.2, 0.25) is 0 Å². The van der Waals surface area contributed by atoms with Gasteiger partial charge in [-0.1, -0.05) is 30.3 Å². The fourth-order valence-corrected chi connectivity index (χ4v) is 3.25. The number of hydrogen-bond donors (Lipinski definition) is 0. The lowest BCUT2D eigenvalue weighted by Crippen LogP contribution is -2.48. The summed E-state index contributed by atoms with van der Waals surface area (Å²) in [5, 5.41) is 1.99. The first-order chi connectivity index (χ1) is 11.1. The highest BCUT2D eigenvalue weighted by Crippen LogP contribution is 2.30. The summed E-state index contributed by atoms with van der Waals surface area (Å²) in [6.07, 6.45) is 0.0986. The summed E-state index contributed by atoms with van der Waals surface area (Å²) in [5.41, 5.74) is 0.659. The summed E-state index contributed by atoms with van der Waals surface area (Å²) in [7, 11) is 0. The molecule has 2 atom stereocenters. The number of morpholine rings is 1. The minimum Gasteiger partial charge on any atom is -0.493 e. The molecule has 0 spiro atoms. The number of rotatable bonds is 3. The van der Waals surface area contributed by atoms with E-state index in [0.29, 0.717) is 31.0 Å². The first-order valence-electron chi connectivity index (χ1n) is 8.19. The second-order valence-electron chi connectivity index (χ2n) is 6.06. The van der Waals surface area contributed by atoms with E-state index >= 15 is 0 Å². The standard InChI is InChI=1S/C19H23NO3/c1-4-22-17-10-9-15-7-5-6-8-16(15)18(17)19(21)20-11-13(2)23-14(3)12-20/h5-10,13-14H,4,11-12H2,1-3H3/t13-,14+. The van der Waals surface area contributed by atoms with E-state index in [0.717, 1.165) is 10.8 Å². The smallest absolute Gasteiger partial charge is 0.258 e. The van der Waals surface area contributed by atoms with Gasteiger partial charge in [0.1, 0.15) is 5.75 Å². The van der Waals surface area contributed by atoms with Crippen LogP contribution >= 0.6 is 0 Å². The van der Waals surface area contributed by atoms with Crippen LogP contribution in [0.4, 0.5) is 0 Å². The van der Waals surface area contributed by atoms with Crippen LogP contribution in [0.5, 0.6) is 5.75 Å². The highest BCUT2D eigenvalue weighted by Gasteiger charge is 2.29. The molecule has 2 aromatic rings. The van der Waals surface area contributed by atoms with E-state index < -0.39 is 0 Å². The average Bonchev–Trinajstić information content (AvgIpc) is 2.53. The third kappa shape index (κ3) is 3.17. The van der Waals surface area contributed by atoms with Crippen molar-refractivity contribution >= 4 is 16.7 Å². The van der Waals surface area contributed by atoms with E-state index in [4.69, 9.17) is 9.47 Å². The van der Waals surface area contributed by atoms with Crippen LogP contribution in [-0.2, 0) is 4.74 Å². The molecule has 23 heavy (non-hydrogen) atoms. The van der Waals surface area contributed by atoms with Crippen molar-refractivity contribution in [2.75, 3.05) is 19.7 Å². The van der Waals surface area contributed by atoms with Crippen LogP contribution in [0.15, 0.2) is 36.4 Å². The van der Waals surface area contributed by atoms with Gasteiger partial charge in [-0.05, 0) is 37.6 Å². The Hall–Kier alpha value is -2.07. The van der Waals surface area contributed by atoms with Crippen molar-refractivity contribution in [1.82, 2.24) is 4.90 Å². The SMILES string of the molecule is CCOc1ccc2ccccc2c1C(=O)N1C[C@@H](C)O[C@@H](C)C1. The molecular formula is C19H23NO3. The van der Waals surface area contributed by atoms with Gasteiger partial charge < -0.3 is 14.4 Å². The number of ether oxygens (including phenoxy) is 2. The second-order valence-corrected chi connectivity index (χ2v) is 6.06. The maximum atomic E-state index is 13.2. The second kappa shape index (κ2) is 6.59. The molecule has 0 radical (unpaired) electrons. The van der Waals surface area contributed by atoms with E-state index in [2.05, 4.69) is 0 Å². The number of hydrogen-bond acceptors (Lipinski definition) is 3. The Morgan fingerprint density at radius 3 is 2.57 bits per heavy atom. The normalized spacial score (nSPS) is 21.4. The molecule has 0 aliphatic carbocycles. The van der Waals surface area contributed by atoms with Gasteiger partial charge in [-0.25, -0.2) is 0 Å². The van der Waals surface area contributed by atoms with Crippen LogP contribution in [0.2, 0.25) is 0 Å². The van der Waals surface area contributed by atoms with Crippen LogP contribution in [0.3, 0.4) is 0 Å². The molecule has 0 aromatic heterocycles. The summed E-state index contributed by atoms with van der Waals surface area (Å²) < 4.78 is 11.5. The number of nitrogens with zero attached hydrogens (tertiary/aromatic N) is 1. The molecule has 3 rings (SSSR count). The van der Waals surface area contributed by atoms with Crippen molar-refractivity contribution < 1.29 is 14.3 Å². The molecule has 1 aliphatic rings. The predicted molar refractivity (Wildman–Crippen MR) is 91.0 cm³/mol. The Morgan fingerprint density at radius 1 is 1.17 bits per heavy atom. The summed E-state index contributed by atoms with van der Waals surface area (Å²) in [4.78, 5) is 15.1. The number of benzene rings is 2. The van der Waals surface area contributed by atoms with E-state index in [9.17, 15) is 4.79 Å². The molecule has 1 heterocycles. The molecule has 0 unspecified atom stereocenters. The quantitative estimate of drug-likeness (QED) is 0.870. The Morgan fingerprint density at radius 2 is 1.87 bits per heavy atom. The van der Waals surface area contributed by atoms with Gasteiger partial charge in [-0.15, -0.1) is 0 Å². The molecule has 122 valence electrons. The van der Waals surface area contributed by atoms with Gasteiger partial charge in [0.05, 0.1) is 24.4 Å². The molecule has 4 nitrogen and oxygen atoms in total. The van der Waals surface area contributed by atoms with Crippen molar-refractivity contribution in [1.29, 1.82) is 0 Å². The highest BCUT2D eigenvalue weighted by molar-refractivity contribution is 6.09. The van der Waals surface area contributed by atoms with E-state index in [1.807, 2.05) is 62.1 Å². The van der Waals surface area contributed by atoms with Crippen molar-refractivity contribution in [3.05, 3.63) is 42.0 Å². The number of amides is 1. The Kier molecular flexibility index (Phi) is 4.53. The molecule has 1 fully saturated rings. The maximum absolute atomic E-state index is 13.2. The lowest BCUT2D eigenvalue weighted by molar-refractivity contribution is -0.0586. The van der Waals surface area contributed by atoms with Crippen molar-refractivity contribution in [3.8, 4) is 5.75 Å². The van der Waals surface area contributed by atoms with Crippen molar-refractivity contribution in [2.45, 2.75) is 33.0 Å². The van der Waals surface area contributed by atoms with Crippen LogP contribution in [0.1, 0.15) is 31.1 Å².